The van der Waals surface area contributed by atoms with E-state index in [1.807, 2.05) is 0 Å². The number of anilines is 1. The van der Waals surface area contributed by atoms with Gasteiger partial charge in [0.25, 0.3) is 16.0 Å². The molecule has 2 saturated heterocycles. The van der Waals surface area contributed by atoms with Gasteiger partial charge in [0.1, 0.15) is 96.9 Å². The number of hydrogen-bond acceptors (Lipinski definition) is 24. The van der Waals surface area contributed by atoms with Gasteiger partial charge in [0.05, 0.1) is 12.5 Å². The summed E-state index contributed by atoms with van der Waals surface area (Å²) < 4.78 is 43.1. The smallest absolute Gasteiger partial charge is 0.325 e. The summed E-state index contributed by atoms with van der Waals surface area (Å²) in [5.74, 6) is -23.3. The predicted octanol–water partition coefficient (Wildman–Crippen LogP) is -5.96. The highest BCUT2D eigenvalue weighted by atomic mass is 79.9. The van der Waals surface area contributed by atoms with Crippen LogP contribution in [0.5, 0.6) is 0 Å². The lowest BCUT2D eigenvalue weighted by Gasteiger charge is -2.35. The summed E-state index contributed by atoms with van der Waals surface area (Å²) in [5.41, 5.74) is 13.4. The number of nitrogens with two attached hydrogens (primary N) is 3. The van der Waals surface area contributed by atoms with Gasteiger partial charge in [-0.05, 0) is 93.5 Å². The molecule has 0 aliphatic carbocycles. The van der Waals surface area contributed by atoms with Crippen LogP contribution in [0.1, 0.15) is 123 Å². The highest BCUT2D eigenvalue weighted by Gasteiger charge is 2.51. The summed E-state index contributed by atoms with van der Waals surface area (Å²) in [4.78, 5) is 258. The number of halogens is 1. The van der Waals surface area contributed by atoms with Crippen molar-refractivity contribution >= 4 is 145 Å². The number of ether oxygens (including phenoxy) is 1. The maximum Gasteiger partial charge on any atom is 0.325 e. The van der Waals surface area contributed by atoms with E-state index in [1.54, 1.807) is 56.3 Å². The molecule has 3 aromatic carbocycles. The van der Waals surface area contributed by atoms with E-state index in [9.17, 15) is 85.5 Å². The number of esters is 1. The van der Waals surface area contributed by atoms with Gasteiger partial charge in [-0.25, -0.2) is 0 Å². The number of aliphatic hydroxyl groups is 2. The summed E-state index contributed by atoms with van der Waals surface area (Å²) in [7, 11) is -3.60. The molecular formula is C79H111BrN20O24S. The van der Waals surface area contributed by atoms with Crippen molar-refractivity contribution in [3.63, 3.8) is 0 Å². The number of primary amides is 2. The Morgan fingerprint density at radius 2 is 1.33 bits per heavy atom. The minimum absolute atomic E-state index is 0.0421. The van der Waals surface area contributed by atoms with Crippen molar-refractivity contribution in [2.24, 2.45) is 28.5 Å². The van der Waals surface area contributed by atoms with Crippen LogP contribution in [0.25, 0.3) is 0 Å². The summed E-state index contributed by atoms with van der Waals surface area (Å²) in [6.45, 7) is 9.70. The molecule has 16 atom stereocenters. The molecule has 0 radical (unpaired) electrons. The molecule has 44 nitrogen and oxygen atoms in total. The number of amides is 17. The third-order valence-corrected chi connectivity index (χ3v) is 22.1. The van der Waals surface area contributed by atoms with Crippen molar-refractivity contribution in [2.75, 3.05) is 44.8 Å². The number of para-hydroxylation sites is 1. The number of cyclic esters (lactones) is 1. The predicted molar refractivity (Wildman–Crippen MR) is 448 cm³/mol. The number of nitrogens with one attached hydrogen (secondary N) is 14. The van der Waals surface area contributed by atoms with Gasteiger partial charge in [0, 0.05) is 68.6 Å². The Morgan fingerprint density at radius 3 is 1.93 bits per heavy atom. The molecule has 0 spiro atoms. The maximum absolute atomic E-state index is 15.4. The molecule has 6 rings (SSSR count). The van der Waals surface area contributed by atoms with E-state index >= 15 is 24.0 Å². The monoisotopic (exact) mass is 1830 g/mol. The summed E-state index contributed by atoms with van der Waals surface area (Å²) in [6.07, 6.45) is -7.81. The number of fused-ring (bicyclic) bond motifs is 1. The molecule has 0 unspecified atom stereocenters. The SMILES string of the molecule is CC(C)[C@@H](NC(=O)[C@@H]1CCCN1C(=O)[C@H](Cc1ccc(Br)cc1)NC(=O)[C@@H](C)NC=O)C(=O)N[C@H](C(=O)N[C@H](C[C@@]1(O)C(=O)Nc2ccccc21)C(=O)N[C@@H](CCCNC(=N)N)C(=O)N[C@H](CS(=O)(=O)O)C(=O)N[C@@H]1C(=O)N(C)[C@@H](CCC(N)=O)C(=O)N[C@H](Cc2ccccc2)C(=O)N[C@@H]([C@@H](C)O)C(=O)N[C@@H](CC(N)=O)C(=O)N(C)CC(=O)O[C@@H]1C)C(C)(C)C. The Kier molecular flexibility index (Phi) is 36.8. The van der Waals surface area contributed by atoms with E-state index in [0.717, 1.165) is 32.4 Å². The van der Waals surface area contributed by atoms with Crippen molar-refractivity contribution in [1.29, 1.82) is 5.41 Å². The second-order valence-electron chi connectivity index (χ2n) is 32.2. The zero-order chi connectivity index (χ0) is 93.4. The van der Waals surface area contributed by atoms with Gasteiger partial charge in [0.2, 0.25) is 95.0 Å². The number of nitrogens with zero attached hydrogens (tertiary/aromatic N) is 3. The summed E-state index contributed by atoms with van der Waals surface area (Å²) in [6, 6.07) is -3.27. The van der Waals surface area contributed by atoms with E-state index < -0.39 is 275 Å². The minimum Gasteiger partial charge on any atom is -0.459 e. The molecule has 2 fully saturated rings. The van der Waals surface area contributed by atoms with E-state index in [0.29, 0.717) is 33.8 Å². The molecule has 0 saturated carbocycles. The van der Waals surface area contributed by atoms with Crippen LogP contribution in [0.3, 0.4) is 0 Å². The van der Waals surface area contributed by atoms with E-state index in [1.165, 1.54) is 69.0 Å². The van der Waals surface area contributed by atoms with Crippen LogP contribution in [0.4, 0.5) is 5.69 Å². The third kappa shape index (κ3) is 29.4. The number of rotatable bonds is 36. The van der Waals surface area contributed by atoms with Crippen molar-refractivity contribution in [2.45, 2.75) is 216 Å². The first kappa shape index (κ1) is 102. The number of aliphatic hydroxyl groups excluding tert-OH is 1. The molecule has 3 aliphatic rings. The Bertz CT molecular complexity index is 4640. The van der Waals surface area contributed by atoms with E-state index in [2.05, 4.69) is 85.0 Å². The Labute approximate surface area is 728 Å². The fourth-order valence-corrected chi connectivity index (χ4v) is 14.9. The lowest BCUT2D eigenvalue weighted by molar-refractivity contribution is -0.158. The molecule has 17 amide bonds. The second-order valence-corrected chi connectivity index (χ2v) is 34.6. The molecule has 125 heavy (non-hydrogen) atoms. The topological polar surface area (TPSA) is 679 Å². The fourth-order valence-electron chi connectivity index (χ4n) is 14.0. The minimum atomic E-state index is -5.51. The molecule has 3 aromatic rings. The number of hydrogen-bond donors (Lipinski definition) is 20. The quantitative estimate of drug-likeness (QED) is 0.00644. The van der Waals surface area contributed by atoms with E-state index in [4.69, 9.17) is 27.3 Å². The van der Waals surface area contributed by atoms with E-state index in [-0.39, 0.29) is 43.6 Å². The normalized spacial score (nSPS) is 21.8. The average molecular weight is 1840 g/mol. The number of likely N-dealkylation sites (tertiary alicyclic amines) is 1. The Hall–Kier alpha value is -12.3. The van der Waals surface area contributed by atoms with Gasteiger partial charge in [-0.2, -0.15) is 8.42 Å². The van der Waals surface area contributed by atoms with Gasteiger partial charge in [-0.1, -0.05) is 111 Å². The molecule has 0 aromatic heterocycles. The zero-order valence-electron chi connectivity index (χ0n) is 70.5. The number of guanidine groups is 1. The number of likely N-dealkylation sites (N-methyl/N-ethyl adjacent to an activating group) is 2. The maximum atomic E-state index is 15.4. The average Bonchev–Trinajstić information content (AvgIpc) is 1.61. The molecular weight excluding hydrogens is 1720 g/mol. The van der Waals surface area contributed by atoms with Gasteiger partial charge in [-0.15, -0.1) is 0 Å². The summed E-state index contributed by atoms with van der Waals surface area (Å²) in [5, 5.41) is 62.6. The third-order valence-electron chi connectivity index (χ3n) is 20.8. The molecule has 46 heteroatoms. The first-order chi connectivity index (χ1) is 58.4. The van der Waals surface area contributed by atoms with Crippen molar-refractivity contribution in [1.82, 2.24) is 78.5 Å². The second kappa shape index (κ2) is 45.4. The molecule has 23 N–H and O–H groups in total. The molecule has 3 heterocycles. The van der Waals surface area contributed by atoms with Gasteiger partial charge in [0.15, 0.2) is 11.6 Å². The Morgan fingerprint density at radius 1 is 0.720 bits per heavy atom. The number of carbonyl (C=O) groups is 18. The molecule has 0 bridgehead atoms. The highest BCUT2D eigenvalue weighted by molar-refractivity contribution is 9.10. The van der Waals surface area contributed by atoms with Crippen LogP contribution in [0, 0.1) is 16.7 Å². The van der Waals surface area contributed by atoms with Crippen LogP contribution in [0.2, 0.25) is 0 Å². The standard InChI is InChI=1S/C79H111BrN20O24S/c1-39(2)59(94-69(112)55-23-17-31-100(55)74(117)50(89-63(106)40(3)86-38-101)33-44-24-26-45(80)27-25-44)70(113)97-62(78(6,7)8)72(115)91-52(35-79(120)46-20-14-15-21-47(46)93-76(79)119)66(109)87-48(22-16-30-85-77(83)84)64(107)92-53(37-125(121,122)123)67(110)96-61-42(5)124-58(105)36-98(9)73(116)51(34-57(82)104)90-71(114)60(41(4)102)95-65(108)49(32-43-18-12-11-13-19-43)88-68(111)54(28-29-56(81)103)99(10)75(61)118/h11-15,18-21,24-27,38-42,48-55,59-62,102,120H,16-17,22-23,28-37H2,1-10H3,(H2,81,103)(H2,82,104)(H,86,101)(H,87,109)(H,88,111)(H,89,106)(H,90,114)(H,91,115)(H,92,107)(H,93,119)(H,94,112)(H,95,108)(H,96,110)(H,97,113)(H4,83,84,85)(H,121,122,123)/t40-,41-,42-,48+,49-,50+,51+,52-,53-,54+,55+,59-,60+,61+,62-,79+/m1/s1. The van der Waals surface area contributed by atoms with Crippen molar-refractivity contribution < 1.29 is 114 Å². The van der Waals surface area contributed by atoms with Crippen LogP contribution >= 0.6 is 15.9 Å². The largest absolute Gasteiger partial charge is 0.459 e. The number of benzene rings is 3. The van der Waals surface area contributed by atoms with Gasteiger partial charge >= 0.3 is 5.97 Å². The molecule has 3 aliphatic heterocycles. The fraction of sp³-hybridized carbons (Fsp3) is 0.532. The Balaban J connectivity index is 1.38. The first-order valence-corrected chi connectivity index (χ1v) is 42.3. The van der Waals surface area contributed by atoms with Crippen LogP contribution in [0.15, 0.2) is 83.3 Å². The highest BCUT2D eigenvalue weighted by Crippen LogP contribution is 2.39. The lowest BCUT2D eigenvalue weighted by Crippen LogP contribution is -2.64. The van der Waals surface area contributed by atoms with Crippen molar-refractivity contribution in [3.8, 4) is 0 Å². The van der Waals surface area contributed by atoms with Crippen LogP contribution in [-0.4, -0.2) is 281 Å². The van der Waals surface area contributed by atoms with Crippen molar-refractivity contribution in [3.05, 3.63) is 100 Å². The number of carbonyl (C=O) groups excluding carboxylic acids is 18. The van der Waals surface area contributed by atoms with Crippen LogP contribution < -0.4 is 86.3 Å². The first-order valence-electron chi connectivity index (χ1n) is 39.9. The summed E-state index contributed by atoms with van der Waals surface area (Å²) >= 11 is 3.38. The zero-order valence-corrected chi connectivity index (χ0v) is 72.9. The lowest BCUT2D eigenvalue weighted by atomic mass is 9.84. The molecule has 684 valence electrons. The van der Waals surface area contributed by atoms with Gasteiger partial charge < -0.3 is 116 Å². The van der Waals surface area contributed by atoms with Gasteiger partial charge in [-0.3, -0.25) is 96.3 Å². The van der Waals surface area contributed by atoms with Crippen LogP contribution in [-0.2, 0) is 120 Å².